The predicted molar refractivity (Wildman–Crippen MR) is 148 cm³/mol. The molecule has 2 rings (SSSR count). The van der Waals surface area contributed by atoms with Gasteiger partial charge in [0.25, 0.3) is 0 Å². The maximum Gasteiger partial charge on any atom is 0.227 e. The van der Waals surface area contributed by atoms with Gasteiger partial charge in [-0.25, -0.2) is 0 Å². The van der Waals surface area contributed by atoms with Gasteiger partial charge in [0.1, 0.15) is 0 Å². The van der Waals surface area contributed by atoms with Crippen LogP contribution in [-0.2, 0) is 28.7 Å². The molecule has 0 aromatic heterocycles. The average Bonchev–Trinajstić information content (AvgIpc) is 2.92. The number of aliphatic hydroxyl groups is 2. The summed E-state index contributed by atoms with van der Waals surface area (Å²) in [5.41, 5.74) is 0.471. The first-order valence-electron chi connectivity index (χ1n) is 13.9. The van der Waals surface area contributed by atoms with E-state index in [0.29, 0.717) is 12.8 Å². The second-order valence-electron chi connectivity index (χ2n) is 9.96. The highest BCUT2D eigenvalue weighted by Crippen LogP contribution is 2.27. The van der Waals surface area contributed by atoms with E-state index in [4.69, 9.17) is 9.47 Å². The maximum atomic E-state index is 12.4. The van der Waals surface area contributed by atoms with Gasteiger partial charge < -0.3 is 19.7 Å². The molecular formula is C31H42O8. The van der Waals surface area contributed by atoms with Crippen LogP contribution in [0.15, 0.2) is 58.0 Å². The summed E-state index contributed by atoms with van der Waals surface area (Å²) in [5, 5.41) is 20.0. The van der Waals surface area contributed by atoms with Crippen LogP contribution in [0.1, 0.15) is 96.8 Å². The summed E-state index contributed by atoms with van der Waals surface area (Å²) in [6.45, 7) is 1.49. The van der Waals surface area contributed by atoms with E-state index in [2.05, 4.69) is 12.2 Å². The highest BCUT2D eigenvalue weighted by Gasteiger charge is 2.33. The minimum Gasteiger partial charge on any atom is -0.504 e. The van der Waals surface area contributed by atoms with E-state index in [-0.39, 0.29) is 34.0 Å². The van der Waals surface area contributed by atoms with Crippen molar-refractivity contribution in [3.05, 3.63) is 58.0 Å². The van der Waals surface area contributed by atoms with Crippen LogP contribution in [0.2, 0.25) is 0 Å². The minimum atomic E-state index is -0.576. The molecule has 0 unspecified atom stereocenters. The Morgan fingerprint density at radius 2 is 1.13 bits per heavy atom. The number of unbranched alkanes of at least 4 members (excludes halogenated alkanes) is 10. The molecule has 0 fully saturated rings. The van der Waals surface area contributed by atoms with Crippen LogP contribution in [0, 0.1) is 0 Å². The molecule has 0 radical (unpaired) electrons. The van der Waals surface area contributed by atoms with Gasteiger partial charge in [-0.2, -0.15) is 0 Å². The fourth-order valence-electron chi connectivity index (χ4n) is 4.78. The first-order valence-corrected chi connectivity index (χ1v) is 13.9. The number of methoxy groups -OCH3 is 2. The van der Waals surface area contributed by atoms with Gasteiger partial charge in [-0.1, -0.05) is 50.7 Å². The van der Waals surface area contributed by atoms with Crippen LogP contribution >= 0.6 is 0 Å². The number of carbonyl (C=O) groups is 4. The van der Waals surface area contributed by atoms with Gasteiger partial charge in [0, 0.05) is 22.8 Å². The molecule has 2 aliphatic carbocycles. The van der Waals surface area contributed by atoms with Gasteiger partial charge in [-0.15, -0.1) is 0 Å². The lowest BCUT2D eigenvalue weighted by Gasteiger charge is -2.18. The third kappa shape index (κ3) is 9.08. The van der Waals surface area contributed by atoms with E-state index >= 15 is 0 Å². The van der Waals surface area contributed by atoms with Crippen molar-refractivity contribution in [1.29, 1.82) is 0 Å². The lowest BCUT2D eigenvalue weighted by atomic mass is 9.91. The van der Waals surface area contributed by atoms with E-state index in [0.717, 1.165) is 83.1 Å². The Morgan fingerprint density at radius 1 is 0.641 bits per heavy atom. The Balaban J connectivity index is 1.47. The Labute approximate surface area is 231 Å². The molecule has 39 heavy (non-hydrogen) atoms. The van der Waals surface area contributed by atoms with Crippen LogP contribution in [0.25, 0.3) is 0 Å². The lowest BCUT2D eigenvalue weighted by Crippen LogP contribution is -2.24. The summed E-state index contributed by atoms with van der Waals surface area (Å²) in [5.74, 6) is -2.77. The van der Waals surface area contributed by atoms with E-state index in [1.807, 2.05) is 0 Å². The summed E-state index contributed by atoms with van der Waals surface area (Å²) in [6, 6.07) is 0. The number of ether oxygens (including phenoxy) is 2. The van der Waals surface area contributed by atoms with Crippen molar-refractivity contribution in [3.63, 3.8) is 0 Å². The molecule has 0 saturated heterocycles. The number of ketones is 4. The number of rotatable bonds is 18. The first kappa shape index (κ1) is 31.8. The van der Waals surface area contributed by atoms with E-state index in [9.17, 15) is 29.4 Å². The minimum absolute atomic E-state index is 0.0148. The molecule has 0 atom stereocenters. The third-order valence-corrected chi connectivity index (χ3v) is 7.13. The molecule has 0 spiro atoms. The molecule has 0 aromatic rings. The Hall–Kier alpha value is -3.42. The van der Waals surface area contributed by atoms with Crippen LogP contribution in [0.3, 0.4) is 0 Å². The molecule has 0 aromatic carbocycles. The van der Waals surface area contributed by atoms with Crippen molar-refractivity contribution in [1.82, 2.24) is 0 Å². The van der Waals surface area contributed by atoms with E-state index < -0.39 is 28.9 Å². The highest BCUT2D eigenvalue weighted by atomic mass is 16.5. The predicted octanol–water partition coefficient (Wildman–Crippen LogP) is 6.38. The second-order valence-corrected chi connectivity index (χ2v) is 9.96. The zero-order valence-electron chi connectivity index (χ0n) is 23.5. The lowest BCUT2D eigenvalue weighted by molar-refractivity contribution is -0.120. The molecule has 0 bridgehead atoms. The molecule has 2 N–H and O–H groups in total. The SMILES string of the molecule is COC1=CC(=O)C(O)=C(CCCCCCC/C=C\CCCCCCCC2=C(O)C(=O)C(C)=C(OC)C2=O)C1=O. The standard InChI is InChI=1S/C31H42O8/c1-21-26(33)29(36)23(30(37)31(21)39-3)19-17-15-13-11-9-7-5-4-6-8-10-12-14-16-18-22-27(34)24(32)20-25(38-2)28(22)35/h4-5,20,34,36H,6-19H2,1-3H3/b5-4-. The fraction of sp³-hybridized carbons (Fsp3) is 0.548. The number of carbonyl (C=O) groups excluding carboxylic acids is 4. The second kappa shape index (κ2) is 16.5. The fourth-order valence-corrected chi connectivity index (χ4v) is 4.78. The average molecular weight is 543 g/mol. The molecular weight excluding hydrogens is 500 g/mol. The quantitative estimate of drug-likeness (QED) is 0.116. The zero-order chi connectivity index (χ0) is 28.8. The van der Waals surface area contributed by atoms with Gasteiger partial charge in [-0.05, 0) is 58.3 Å². The summed E-state index contributed by atoms with van der Waals surface area (Å²) in [4.78, 5) is 48.4. The topological polar surface area (TPSA) is 127 Å². The summed E-state index contributed by atoms with van der Waals surface area (Å²) >= 11 is 0. The van der Waals surface area contributed by atoms with Gasteiger partial charge in [0.15, 0.2) is 23.0 Å². The van der Waals surface area contributed by atoms with Crippen molar-refractivity contribution in [2.75, 3.05) is 14.2 Å². The third-order valence-electron chi connectivity index (χ3n) is 7.13. The maximum absolute atomic E-state index is 12.4. The summed E-state index contributed by atoms with van der Waals surface area (Å²) in [7, 11) is 2.70. The summed E-state index contributed by atoms with van der Waals surface area (Å²) < 4.78 is 9.98. The van der Waals surface area contributed by atoms with Crippen LogP contribution in [0.4, 0.5) is 0 Å². The molecule has 0 aliphatic heterocycles. The molecule has 0 saturated carbocycles. The molecule has 214 valence electrons. The molecule has 8 nitrogen and oxygen atoms in total. The molecule has 0 heterocycles. The Bertz CT molecular complexity index is 1080. The van der Waals surface area contributed by atoms with Crippen molar-refractivity contribution >= 4 is 23.1 Å². The highest BCUT2D eigenvalue weighted by molar-refractivity contribution is 6.23. The van der Waals surface area contributed by atoms with Crippen molar-refractivity contribution in [2.24, 2.45) is 0 Å². The van der Waals surface area contributed by atoms with Crippen LogP contribution in [0.5, 0.6) is 0 Å². The Morgan fingerprint density at radius 3 is 1.64 bits per heavy atom. The van der Waals surface area contributed by atoms with Crippen molar-refractivity contribution < 1.29 is 38.9 Å². The number of hydrogen-bond acceptors (Lipinski definition) is 8. The number of hydrogen-bond donors (Lipinski definition) is 2. The largest absolute Gasteiger partial charge is 0.504 e. The van der Waals surface area contributed by atoms with Crippen molar-refractivity contribution in [2.45, 2.75) is 96.8 Å². The first-order chi connectivity index (χ1) is 18.7. The monoisotopic (exact) mass is 542 g/mol. The van der Waals surface area contributed by atoms with Gasteiger partial charge in [0.2, 0.25) is 23.1 Å². The smallest absolute Gasteiger partial charge is 0.227 e. The van der Waals surface area contributed by atoms with E-state index in [1.165, 1.54) is 21.1 Å². The van der Waals surface area contributed by atoms with Gasteiger partial charge in [0.05, 0.1) is 14.2 Å². The zero-order valence-corrected chi connectivity index (χ0v) is 23.5. The van der Waals surface area contributed by atoms with Crippen molar-refractivity contribution in [3.8, 4) is 0 Å². The number of Topliss-reactive ketones (excluding diaryl/α,β-unsaturated/α-hetero) is 3. The summed E-state index contributed by atoms with van der Waals surface area (Å²) in [6.07, 6.45) is 18.1. The normalized spacial score (nSPS) is 16.6. The van der Waals surface area contributed by atoms with Crippen LogP contribution < -0.4 is 0 Å². The number of aliphatic hydroxyl groups excluding tert-OH is 2. The molecule has 0 amide bonds. The Kier molecular flexibility index (Phi) is 13.5. The van der Waals surface area contributed by atoms with Gasteiger partial charge in [-0.3, -0.25) is 19.2 Å². The van der Waals surface area contributed by atoms with Gasteiger partial charge >= 0.3 is 0 Å². The molecule has 2 aliphatic rings. The number of allylic oxidation sites excluding steroid dienone is 6. The van der Waals surface area contributed by atoms with E-state index in [1.54, 1.807) is 0 Å². The van der Waals surface area contributed by atoms with Crippen LogP contribution in [-0.4, -0.2) is 47.6 Å². The molecule has 8 heteroatoms.